The lowest BCUT2D eigenvalue weighted by Crippen LogP contribution is -2.34. The second-order valence-corrected chi connectivity index (χ2v) is 7.60. The van der Waals surface area contributed by atoms with Gasteiger partial charge in [0.15, 0.2) is 0 Å². The Labute approximate surface area is 133 Å². The largest absolute Gasteiger partial charge is 0.508 e. The molecule has 0 spiro atoms. The SMILES string of the molecule is O=C1[C@H]2C[C@H](Br)[C@@H](Br)C[C@H]2C(=O)N1c1ccc(O)cc1. The van der Waals surface area contributed by atoms with Crippen LogP contribution in [0.25, 0.3) is 0 Å². The van der Waals surface area contributed by atoms with Crippen molar-refractivity contribution in [3.8, 4) is 5.75 Å². The molecule has 20 heavy (non-hydrogen) atoms. The standard InChI is InChI=1S/C14H13Br2NO3/c15-11-5-9-10(6-12(11)16)14(20)17(13(9)19)7-1-3-8(18)4-2-7/h1-4,9-12,18H,5-6H2/t9-,10+,11-,12-/m0/s1. The second kappa shape index (κ2) is 5.15. The fraction of sp³-hybridized carbons (Fsp3) is 0.429. The molecule has 2 fully saturated rings. The fourth-order valence-corrected chi connectivity index (χ4v) is 4.19. The summed E-state index contributed by atoms with van der Waals surface area (Å²) in [5.74, 6) is -0.626. The number of anilines is 1. The predicted molar refractivity (Wildman–Crippen MR) is 82.2 cm³/mol. The molecule has 1 aliphatic heterocycles. The van der Waals surface area contributed by atoms with Crippen LogP contribution in [-0.4, -0.2) is 26.6 Å². The minimum Gasteiger partial charge on any atom is -0.508 e. The van der Waals surface area contributed by atoms with Gasteiger partial charge < -0.3 is 5.11 Å². The zero-order valence-corrected chi connectivity index (χ0v) is 13.7. The number of benzene rings is 1. The molecular weight excluding hydrogens is 390 g/mol. The average molecular weight is 403 g/mol. The molecule has 4 atom stereocenters. The van der Waals surface area contributed by atoms with Gasteiger partial charge >= 0.3 is 0 Å². The number of amides is 2. The summed E-state index contributed by atoms with van der Waals surface area (Å²) in [6, 6.07) is 6.16. The molecular formula is C14H13Br2NO3. The lowest BCUT2D eigenvalue weighted by molar-refractivity contribution is -0.122. The van der Waals surface area contributed by atoms with Gasteiger partial charge in [0.2, 0.25) is 11.8 Å². The number of rotatable bonds is 1. The zero-order valence-electron chi connectivity index (χ0n) is 10.5. The Balaban J connectivity index is 1.93. The van der Waals surface area contributed by atoms with E-state index in [9.17, 15) is 14.7 Å². The van der Waals surface area contributed by atoms with Crippen LogP contribution < -0.4 is 4.90 Å². The minimum absolute atomic E-state index is 0.117. The molecule has 3 rings (SSSR count). The first kappa shape index (κ1) is 14.1. The van der Waals surface area contributed by atoms with Gasteiger partial charge in [0, 0.05) is 9.65 Å². The summed E-state index contributed by atoms with van der Waals surface area (Å²) < 4.78 is 0. The van der Waals surface area contributed by atoms with Crippen LogP contribution in [0.2, 0.25) is 0 Å². The van der Waals surface area contributed by atoms with E-state index in [1.165, 1.54) is 17.0 Å². The molecule has 0 bridgehead atoms. The fourth-order valence-electron chi connectivity index (χ4n) is 2.95. The van der Waals surface area contributed by atoms with E-state index in [2.05, 4.69) is 31.9 Å². The average Bonchev–Trinajstić information content (AvgIpc) is 2.65. The summed E-state index contributed by atoms with van der Waals surface area (Å²) in [6.45, 7) is 0. The molecule has 1 N–H and O–H groups in total. The molecule has 0 radical (unpaired) electrons. The molecule has 106 valence electrons. The van der Waals surface area contributed by atoms with Gasteiger partial charge in [-0.1, -0.05) is 31.9 Å². The Morgan fingerprint density at radius 1 is 0.950 bits per heavy atom. The number of fused-ring (bicyclic) bond motifs is 1. The highest BCUT2D eigenvalue weighted by Gasteiger charge is 2.52. The first-order chi connectivity index (χ1) is 9.49. The summed E-state index contributed by atoms with van der Waals surface area (Å²) in [5.41, 5.74) is 0.532. The predicted octanol–water partition coefficient (Wildman–Crippen LogP) is 2.82. The van der Waals surface area contributed by atoms with Gasteiger partial charge in [0.05, 0.1) is 17.5 Å². The van der Waals surface area contributed by atoms with Crippen LogP contribution in [0.4, 0.5) is 5.69 Å². The van der Waals surface area contributed by atoms with Gasteiger partial charge in [0.25, 0.3) is 0 Å². The first-order valence-electron chi connectivity index (χ1n) is 6.44. The molecule has 0 aromatic heterocycles. The van der Waals surface area contributed by atoms with E-state index in [-0.39, 0.29) is 39.1 Å². The number of carbonyl (C=O) groups is 2. The summed E-state index contributed by atoms with van der Waals surface area (Å²) in [6.07, 6.45) is 1.33. The van der Waals surface area contributed by atoms with Crippen molar-refractivity contribution in [1.29, 1.82) is 0 Å². The summed E-state index contributed by atoms with van der Waals surface area (Å²) >= 11 is 7.12. The maximum absolute atomic E-state index is 12.5. The highest BCUT2D eigenvalue weighted by molar-refractivity contribution is 9.12. The van der Waals surface area contributed by atoms with Crippen molar-refractivity contribution in [2.24, 2.45) is 11.8 Å². The van der Waals surface area contributed by atoms with E-state index in [0.717, 1.165) is 0 Å². The molecule has 1 saturated heterocycles. The normalized spacial score (nSPS) is 33.4. The number of nitrogens with zero attached hydrogens (tertiary/aromatic N) is 1. The highest BCUT2D eigenvalue weighted by Crippen LogP contribution is 2.44. The van der Waals surface area contributed by atoms with Crippen LogP contribution >= 0.6 is 31.9 Å². The third-order valence-electron chi connectivity index (χ3n) is 4.02. The van der Waals surface area contributed by atoms with Gasteiger partial charge in [-0.15, -0.1) is 0 Å². The van der Waals surface area contributed by atoms with E-state index in [1.807, 2.05) is 0 Å². The number of hydrogen-bond donors (Lipinski definition) is 1. The lowest BCUT2D eigenvalue weighted by Gasteiger charge is -2.29. The van der Waals surface area contributed by atoms with E-state index < -0.39 is 0 Å². The third-order valence-corrected chi connectivity index (χ3v) is 6.75. The summed E-state index contributed by atoms with van der Waals surface area (Å²) in [5, 5.41) is 9.31. The maximum atomic E-state index is 12.5. The Bertz CT molecular complexity index is 532. The van der Waals surface area contributed by atoms with Gasteiger partial charge in [-0.2, -0.15) is 0 Å². The van der Waals surface area contributed by atoms with E-state index in [4.69, 9.17) is 0 Å². The van der Waals surface area contributed by atoms with Crippen LogP contribution in [0.1, 0.15) is 12.8 Å². The van der Waals surface area contributed by atoms with Gasteiger partial charge in [-0.05, 0) is 37.1 Å². The summed E-state index contributed by atoms with van der Waals surface area (Å²) in [7, 11) is 0. The van der Waals surface area contributed by atoms with Crippen LogP contribution in [0.15, 0.2) is 24.3 Å². The molecule has 1 saturated carbocycles. The number of aromatic hydroxyl groups is 1. The van der Waals surface area contributed by atoms with Gasteiger partial charge in [-0.3, -0.25) is 14.5 Å². The van der Waals surface area contributed by atoms with Crippen molar-refractivity contribution in [2.75, 3.05) is 4.90 Å². The first-order valence-corrected chi connectivity index (χ1v) is 8.27. The number of carbonyl (C=O) groups excluding carboxylic acids is 2. The van der Waals surface area contributed by atoms with Crippen LogP contribution in [0.5, 0.6) is 5.75 Å². The Morgan fingerprint density at radius 3 is 1.85 bits per heavy atom. The van der Waals surface area contributed by atoms with Gasteiger partial charge in [-0.25, -0.2) is 0 Å². The zero-order chi connectivity index (χ0) is 14.4. The quantitative estimate of drug-likeness (QED) is 0.580. The molecule has 1 aromatic carbocycles. The van der Waals surface area contributed by atoms with E-state index in [1.54, 1.807) is 12.1 Å². The van der Waals surface area contributed by atoms with E-state index >= 15 is 0 Å². The number of alkyl halides is 2. The highest BCUT2D eigenvalue weighted by atomic mass is 79.9. The van der Waals surface area contributed by atoms with Crippen molar-refractivity contribution in [1.82, 2.24) is 0 Å². The molecule has 1 aromatic rings. The van der Waals surface area contributed by atoms with Crippen molar-refractivity contribution < 1.29 is 14.7 Å². The lowest BCUT2D eigenvalue weighted by atomic mass is 9.81. The van der Waals surface area contributed by atoms with Crippen molar-refractivity contribution >= 4 is 49.4 Å². The number of imide groups is 1. The second-order valence-electron chi connectivity index (χ2n) is 5.24. The van der Waals surface area contributed by atoms with Crippen LogP contribution in [0.3, 0.4) is 0 Å². The Morgan fingerprint density at radius 2 is 1.40 bits per heavy atom. The maximum Gasteiger partial charge on any atom is 0.237 e. The van der Waals surface area contributed by atoms with Crippen LogP contribution in [0, 0.1) is 11.8 Å². The number of hydrogen-bond acceptors (Lipinski definition) is 3. The van der Waals surface area contributed by atoms with Crippen molar-refractivity contribution in [3.63, 3.8) is 0 Å². The number of halogens is 2. The molecule has 1 aliphatic carbocycles. The molecule has 4 nitrogen and oxygen atoms in total. The van der Waals surface area contributed by atoms with E-state index in [0.29, 0.717) is 18.5 Å². The van der Waals surface area contributed by atoms with Gasteiger partial charge in [0.1, 0.15) is 5.75 Å². The summed E-state index contributed by atoms with van der Waals surface area (Å²) in [4.78, 5) is 26.7. The molecule has 2 aliphatic rings. The van der Waals surface area contributed by atoms with Crippen LogP contribution in [-0.2, 0) is 9.59 Å². The van der Waals surface area contributed by atoms with Crippen molar-refractivity contribution in [2.45, 2.75) is 22.5 Å². The molecule has 0 unspecified atom stereocenters. The molecule has 6 heteroatoms. The monoisotopic (exact) mass is 401 g/mol. The Hall–Kier alpha value is -0.880. The molecule has 2 amide bonds. The number of phenols is 1. The molecule has 1 heterocycles. The van der Waals surface area contributed by atoms with Crippen molar-refractivity contribution in [3.05, 3.63) is 24.3 Å². The number of phenolic OH excluding ortho intramolecular Hbond substituents is 1. The smallest absolute Gasteiger partial charge is 0.237 e. The minimum atomic E-state index is -0.241. The third kappa shape index (κ3) is 2.19. The topological polar surface area (TPSA) is 57.6 Å². The Kier molecular flexibility index (Phi) is 3.62.